The second-order valence-electron chi connectivity index (χ2n) is 5.94. The zero-order valence-corrected chi connectivity index (χ0v) is 14.5. The van der Waals surface area contributed by atoms with E-state index < -0.39 is 0 Å². The Hall–Kier alpha value is -1.94. The normalized spacial score (nSPS) is 13.6. The van der Waals surface area contributed by atoms with Crippen LogP contribution in [0.4, 0.5) is 11.4 Å². The molecule has 0 saturated heterocycles. The van der Waals surface area contributed by atoms with Crippen LogP contribution in [-0.4, -0.2) is 25.3 Å². The first-order chi connectivity index (χ1) is 11.2. The van der Waals surface area contributed by atoms with E-state index in [-0.39, 0.29) is 5.91 Å². The van der Waals surface area contributed by atoms with Crippen molar-refractivity contribution < 1.29 is 4.79 Å². The van der Waals surface area contributed by atoms with Crippen molar-refractivity contribution in [3.63, 3.8) is 0 Å². The maximum Gasteiger partial charge on any atom is 0.243 e. The minimum absolute atomic E-state index is 0.0386. The van der Waals surface area contributed by atoms with E-state index in [0.717, 1.165) is 30.0 Å². The van der Waals surface area contributed by atoms with Gasteiger partial charge in [-0.25, -0.2) is 0 Å². The van der Waals surface area contributed by atoms with Gasteiger partial charge in [-0.2, -0.15) is 0 Å². The zero-order chi connectivity index (χ0) is 16.2. The third kappa shape index (κ3) is 3.88. The van der Waals surface area contributed by atoms with Gasteiger partial charge >= 0.3 is 0 Å². The van der Waals surface area contributed by atoms with E-state index in [1.165, 1.54) is 16.8 Å². The molecule has 0 radical (unpaired) electrons. The van der Waals surface area contributed by atoms with E-state index in [1.54, 1.807) is 11.8 Å². The first-order valence-corrected chi connectivity index (χ1v) is 9.16. The molecule has 0 fully saturated rings. The highest BCUT2D eigenvalue weighted by Gasteiger charge is 2.19. The molecule has 1 amide bonds. The fourth-order valence-corrected chi connectivity index (χ4v) is 3.50. The highest BCUT2D eigenvalue weighted by Crippen LogP contribution is 2.28. The second-order valence-corrected chi connectivity index (χ2v) is 6.82. The van der Waals surface area contributed by atoms with Crippen molar-refractivity contribution in [2.24, 2.45) is 0 Å². The number of nitrogens with one attached hydrogen (secondary N) is 1. The van der Waals surface area contributed by atoms with Crippen LogP contribution in [-0.2, 0) is 11.2 Å². The van der Waals surface area contributed by atoms with Gasteiger partial charge < -0.3 is 10.2 Å². The summed E-state index contributed by atoms with van der Waals surface area (Å²) in [6.45, 7) is 3.46. The van der Waals surface area contributed by atoms with Crippen LogP contribution in [0.15, 0.2) is 47.4 Å². The van der Waals surface area contributed by atoms with Crippen molar-refractivity contribution in [2.75, 3.05) is 29.6 Å². The van der Waals surface area contributed by atoms with Gasteiger partial charge in [-0.05, 0) is 55.9 Å². The van der Waals surface area contributed by atoms with E-state index in [4.69, 9.17) is 0 Å². The van der Waals surface area contributed by atoms with Crippen molar-refractivity contribution in [2.45, 2.75) is 24.7 Å². The van der Waals surface area contributed by atoms with Gasteiger partial charge in [0.1, 0.15) is 0 Å². The highest BCUT2D eigenvalue weighted by molar-refractivity contribution is 7.98. The minimum atomic E-state index is 0.0386. The third-order valence-corrected chi connectivity index (χ3v) is 4.86. The Morgan fingerprint density at radius 2 is 2.13 bits per heavy atom. The Balaban J connectivity index is 1.69. The van der Waals surface area contributed by atoms with Crippen LogP contribution < -0.4 is 10.2 Å². The van der Waals surface area contributed by atoms with Crippen LogP contribution >= 0.6 is 11.8 Å². The summed E-state index contributed by atoms with van der Waals surface area (Å²) >= 11 is 1.68. The van der Waals surface area contributed by atoms with Crippen LogP contribution in [0.5, 0.6) is 0 Å². The Labute approximate surface area is 142 Å². The van der Waals surface area contributed by atoms with Crippen LogP contribution in [0.3, 0.4) is 0 Å². The lowest BCUT2D eigenvalue weighted by Crippen LogP contribution is -2.36. The summed E-state index contributed by atoms with van der Waals surface area (Å²) in [6.07, 6.45) is 4.24. The molecule has 0 saturated carbocycles. The van der Waals surface area contributed by atoms with Gasteiger partial charge in [0.05, 0.1) is 6.54 Å². The first-order valence-electron chi connectivity index (χ1n) is 7.94. The number of hydrogen-bond acceptors (Lipinski definition) is 3. The summed E-state index contributed by atoms with van der Waals surface area (Å²) in [7, 11) is 0. The molecular weight excluding hydrogens is 304 g/mol. The van der Waals surface area contributed by atoms with Gasteiger partial charge in [0.15, 0.2) is 0 Å². The van der Waals surface area contributed by atoms with E-state index in [2.05, 4.69) is 35.3 Å². The number of fused-ring (bicyclic) bond motifs is 1. The van der Waals surface area contributed by atoms with Crippen molar-refractivity contribution in [3.05, 3.63) is 53.6 Å². The number of aryl methyl sites for hydroxylation is 2. The fraction of sp³-hybridized carbons (Fsp3) is 0.316. The van der Waals surface area contributed by atoms with E-state index in [9.17, 15) is 4.79 Å². The molecule has 2 aromatic carbocycles. The Morgan fingerprint density at radius 3 is 2.96 bits per heavy atom. The lowest BCUT2D eigenvalue weighted by molar-refractivity contribution is -0.115. The van der Waals surface area contributed by atoms with Crippen LogP contribution in [0.1, 0.15) is 17.5 Å². The Morgan fingerprint density at radius 1 is 1.26 bits per heavy atom. The summed E-state index contributed by atoms with van der Waals surface area (Å²) in [4.78, 5) is 15.7. The summed E-state index contributed by atoms with van der Waals surface area (Å²) in [5.41, 5.74) is 4.70. The van der Waals surface area contributed by atoms with Crippen LogP contribution in [0.2, 0.25) is 0 Å². The summed E-state index contributed by atoms with van der Waals surface area (Å²) in [6, 6.07) is 14.5. The van der Waals surface area contributed by atoms with E-state index in [0.29, 0.717) is 6.54 Å². The Kier molecular flexibility index (Phi) is 4.91. The van der Waals surface area contributed by atoms with E-state index >= 15 is 0 Å². The quantitative estimate of drug-likeness (QED) is 0.858. The van der Waals surface area contributed by atoms with Crippen molar-refractivity contribution >= 4 is 29.0 Å². The molecule has 4 heteroatoms. The molecule has 0 aromatic heterocycles. The van der Waals surface area contributed by atoms with Crippen LogP contribution in [0, 0.1) is 6.92 Å². The molecular formula is C19H22N2OS. The number of hydrogen-bond donors (Lipinski definition) is 1. The average molecular weight is 326 g/mol. The number of thioether (sulfide) groups is 1. The van der Waals surface area contributed by atoms with Gasteiger partial charge in [-0.15, -0.1) is 11.8 Å². The van der Waals surface area contributed by atoms with Gasteiger partial charge in [0.25, 0.3) is 0 Å². The number of benzene rings is 2. The maximum absolute atomic E-state index is 12.4. The van der Waals surface area contributed by atoms with Crippen molar-refractivity contribution in [3.8, 4) is 0 Å². The lowest BCUT2D eigenvalue weighted by Gasteiger charge is -2.31. The highest BCUT2D eigenvalue weighted by atomic mass is 32.2. The van der Waals surface area contributed by atoms with Gasteiger partial charge in [-0.1, -0.05) is 23.8 Å². The second kappa shape index (κ2) is 7.09. The first kappa shape index (κ1) is 15.9. The van der Waals surface area contributed by atoms with Crippen molar-refractivity contribution in [1.29, 1.82) is 0 Å². The molecule has 23 heavy (non-hydrogen) atoms. The predicted octanol–water partition coefficient (Wildman–Crippen LogP) is 4.11. The molecule has 0 atom stereocenters. The largest absolute Gasteiger partial charge is 0.362 e. The van der Waals surface area contributed by atoms with Crippen LogP contribution in [0.25, 0.3) is 0 Å². The standard InChI is InChI=1S/C19H22N2OS/c1-14-8-9-18-15(11-14)5-4-10-21(18)13-19(22)20-16-6-3-7-17(12-16)23-2/h3,6-9,11-12H,4-5,10,13H2,1-2H3,(H,20,22). The van der Waals surface area contributed by atoms with Gasteiger partial charge in [0, 0.05) is 22.8 Å². The molecule has 0 aliphatic carbocycles. The minimum Gasteiger partial charge on any atom is -0.362 e. The fourth-order valence-electron chi connectivity index (χ4n) is 3.04. The smallest absolute Gasteiger partial charge is 0.243 e. The lowest BCUT2D eigenvalue weighted by atomic mass is 9.99. The van der Waals surface area contributed by atoms with Gasteiger partial charge in [0.2, 0.25) is 5.91 Å². The molecule has 3 nitrogen and oxygen atoms in total. The topological polar surface area (TPSA) is 32.3 Å². The van der Waals surface area contributed by atoms with Crippen molar-refractivity contribution in [1.82, 2.24) is 0 Å². The molecule has 3 rings (SSSR count). The van der Waals surface area contributed by atoms with Gasteiger partial charge in [-0.3, -0.25) is 4.79 Å². The Bertz CT molecular complexity index is 714. The predicted molar refractivity (Wildman–Crippen MR) is 98.6 cm³/mol. The molecule has 1 heterocycles. The monoisotopic (exact) mass is 326 g/mol. The van der Waals surface area contributed by atoms with E-state index in [1.807, 2.05) is 30.5 Å². The summed E-state index contributed by atoms with van der Waals surface area (Å²) in [5, 5.41) is 3.01. The molecule has 1 aliphatic rings. The third-order valence-electron chi connectivity index (χ3n) is 4.14. The number of rotatable bonds is 4. The average Bonchev–Trinajstić information content (AvgIpc) is 2.55. The molecule has 1 aliphatic heterocycles. The zero-order valence-electron chi connectivity index (χ0n) is 13.6. The summed E-state index contributed by atoms with van der Waals surface area (Å²) < 4.78 is 0. The number of nitrogens with zero attached hydrogens (tertiary/aromatic N) is 1. The molecule has 120 valence electrons. The SMILES string of the molecule is CSc1cccc(NC(=O)CN2CCCc3cc(C)ccc32)c1. The number of carbonyl (C=O) groups is 1. The molecule has 0 spiro atoms. The molecule has 0 unspecified atom stereocenters. The number of amides is 1. The maximum atomic E-state index is 12.4. The molecule has 0 bridgehead atoms. The molecule has 2 aromatic rings. The molecule has 1 N–H and O–H groups in total. The number of carbonyl (C=O) groups excluding carboxylic acids is 1. The number of anilines is 2. The summed E-state index contributed by atoms with van der Waals surface area (Å²) in [5.74, 6) is 0.0386.